The molecule has 31 heavy (non-hydrogen) atoms. The van der Waals surface area contributed by atoms with Crippen molar-refractivity contribution in [2.45, 2.75) is 19.3 Å². The third kappa shape index (κ3) is 4.12. The molecule has 5 nitrogen and oxygen atoms in total. The number of hydrogen-bond acceptors (Lipinski definition) is 5. The Labute approximate surface area is 178 Å². The summed E-state index contributed by atoms with van der Waals surface area (Å²) in [6.45, 7) is 1.23. The van der Waals surface area contributed by atoms with Gasteiger partial charge in [-0.3, -0.25) is 0 Å². The molecule has 0 amide bonds. The number of unbranched alkanes of at least 4 members (excludes halogenated alkanes) is 2. The molecule has 0 aliphatic carbocycles. The standard InChI is InChI=1S/C26H22O5/c27-25-11-10-21-24(31-25)17-23-22(12-15-29-23)26(21)30-14-5-1-4-13-28-20-9-8-18-6-2-3-7-19(18)16-20/h2-3,6-12,15-17H,1,4-5,13-14H2. The van der Waals surface area contributed by atoms with Crippen LogP contribution in [0.1, 0.15) is 19.3 Å². The number of rotatable bonds is 8. The summed E-state index contributed by atoms with van der Waals surface area (Å²) >= 11 is 0. The van der Waals surface area contributed by atoms with Crippen LogP contribution in [0, 0.1) is 0 Å². The topological polar surface area (TPSA) is 61.8 Å². The molecule has 5 heteroatoms. The second kappa shape index (κ2) is 8.56. The molecule has 0 unspecified atom stereocenters. The lowest BCUT2D eigenvalue weighted by atomic mass is 10.1. The lowest BCUT2D eigenvalue weighted by molar-refractivity contribution is 0.282. The Morgan fingerprint density at radius 3 is 2.42 bits per heavy atom. The summed E-state index contributed by atoms with van der Waals surface area (Å²) in [5.74, 6) is 1.59. The molecule has 2 heterocycles. The van der Waals surface area contributed by atoms with Crippen LogP contribution in [0.4, 0.5) is 0 Å². The van der Waals surface area contributed by atoms with E-state index < -0.39 is 5.63 Å². The Kier molecular flexibility index (Phi) is 5.31. The third-order valence-corrected chi connectivity index (χ3v) is 5.33. The highest BCUT2D eigenvalue weighted by atomic mass is 16.5. The molecule has 0 aliphatic heterocycles. The molecule has 3 aromatic carbocycles. The predicted molar refractivity (Wildman–Crippen MR) is 121 cm³/mol. The predicted octanol–water partition coefficient (Wildman–Crippen LogP) is 6.32. The van der Waals surface area contributed by atoms with Crippen LogP contribution in [0.15, 0.2) is 86.6 Å². The summed E-state index contributed by atoms with van der Waals surface area (Å²) in [5, 5.41) is 4.05. The second-order valence-corrected chi connectivity index (χ2v) is 7.47. The van der Waals surface area contributed by atoms with Gasteiger partial charge in [-0.05, 0) is 54.3 Å². The summed E-state index contributed by atoms with van der Waals surface area (Å²) < 4.78 is 22.8. The maximum absolute atomic E-state index is 11.5. The number of benzene rings is 3. The van der Waals surface area contributed by atoms with E-state index in [9.17, 15) is 4.79 Å². The molecule has 0 fully saturated rings. The first-order valence-corrected chi connectivity index (χ1v) is 10.5. The first-order chi connectivity index (χ1) is 15.3. The molecule has 0 atom stereocenters. The monoisotopic (exact) mass is 414 g/mol. The summed E-state index contributed by atoms with van der Waals surface area (Å²) in [6.07, 6.45) is 4.44. The maximum atomic E-state index is 11.5. The van der Waals surface area contributed by atoms with E-state index in [0.717, 1.165) is 35.8 Å². The molecule has 0 saturated carbocycles. The zero-order chi connectivity index (χ0) is 21.0. The highest BCUT2D eigenvalue weighted by Gasteiger charge is 2.13. The number of fused-ring (bicyclic) bond motifs is 3. The molecule has 0 aliphatic rings. The lowest BCUT2D eigenvalue weighted by Crippen LogP contribution is -2.02. The van der Waals surface area contributed by atoms with Crippen molar-refractivity contribution in [1.29, 1.82) is 0 Å². The highest BCUT2D eigenvalue weighted by Crippen LogP contribution is 2.35. The lowest BCUT2D eigenvalue weighted by Gasteiger charge is -2.10. The Hall–Kier alpha value is -3.73. The molecular formula is C26H22O5. The molecular weight excluding hydrogens is 392 g/mol. The quantitative estimate of drug-likeness (QED) is 0.220. The van der Waals surface area contributed by atoms with E-state index in [4.69, 9.17) is 18.3 Å². The van der Waals surface area contributed by atoms with E-state index in [2.05, 4.69) is 24.3 Å². The van der Waals surface area contributed by atoms with Gasteiger partial charge < -0.3 is 18.3 Å². The average molecular weight is 414 g/mol. The van der Waals surface area contributed by atoms with Gasteiger partial charge in [-0.15, -0.1) is 0 Å². The molecule has 5 rings (SSSR count). The van der Waals surface area contributed by atoms with E-state index >= 15 is 0 Å². The van der Waals surface area contributed by atoms with Crippen molar-refractivity contribution < 1.29 is 18.3 Å². The molecule has 0 spiro atoms. The van der Waals surface area contributed by atoms with Gasteiger partial charge in [0.15, 0.2) is 0 Å². The van der Waals surface area contributed by atoms with Gasteiger partial charge in [0.05, 0.1) is 30.2 Å². The van der Waals surface area contributed by atoms with E-state index in [1.54, 1.807) is 18.4 Å². The fourth-order valence-electron chi connectivity index (χ4n) is 3.77. The molecule has 0 saturated heterocycles. The van der Waals surface area contributed by atoms with E-state index in [-0.39, 0.29) is 0 Å². The largest absolute Gasteiger partial charge is 0.494 e. The van der Waals surface area contributed by atoms with E-state index in [0.29, 0.717) is 30.1 Å². The fraction of sp³-hybridized carbons (Fsp3) is 0.192. The minimum Gasteiger partial charge on any atom is -0.494 e. The van der Waals surface area contributed by atoms with Gasteiger partial charge in [0.2, 0.25) is 0 Å². The van der Waals surface area contributed by atoms with Gasteiger partial charge in [0, 0.05) is 12.1 Å². The van der Waals surface area contributed by atoms with Gasteiger partial charge >= 0.3 is 5.63 Å². The minimum absolute atomic E-state index is 0.393. The van der Waals surface area contributed by atoms with Crippen molar-refractivity contribution >= 4 is 32.7 Å². The van der Waals surface area contributed by atoms with Crippen LogP contribution in [-0.2, 0) is 0 Å². The molecule has 156 valence electrons. The molecule has 0 bridgehead atoms. The Morgan fingerprint density at radius 1 is 0.710 bits per heavy atom. The van der Waals surface area contributed by atoms with Crippen LogP contribution in [0.5, 0.6) is 11.5 Å². The van der Waals surface area contributed by atoms with Gasteiger partial charge in [-0.25, -0.2) is 4.79 Å². The van der Waals surface area contributed by atoms with Gasteiger partial charge in [0.1, 0.15) is 22.7 Å². The van der Waals surface area contributed by atoms with Gasteiger partial charge in [-0.2, -0.15) is 0 Å². The van der Waals surface area contributed by atoms with Crippen LogP contribution in [0.3, 0.4) is 0 Å². The van der Waals surface area contributed by atoms with Crippen LogP contribution < -0.4 is 15.1 Å². The Morgan fingerprint density at radius 2 is 1.52 bits per heavy atom. The maximum Gasteiger partial charge on any atom is 0.336 e. The number of furan rings is 1. The zero-order valence-corrected chi connectivity index (χ0v) is 17.0. The van der Waals surface area contributed by atoms with Crippen LogP contribution in [0.2, 0.25) is 0 Å². The van der Waals surface area contributed by atoms with Crippen molar-refractivity contribution in [3.8, 4) is 11.5 Å². The summed E-state index contributed by atoms with van der Waals surface area (Å²) in [5.41, 5.74) is 0.713. The molecule has 2 aromatic heterocycles. The van der Waals surface area contributed by atoms with Gasteiger partial charge in [0.25, 0.3) is 0 Å². The van der Waals surface area contributed by atoms with Crippen molar-refractivity contribution in [1.82, 2.24) is 0 Å². The third-order valence-electron chi connectivity index (χ3n) is 5.33. The summed E-state index contributed by atoms with van der Waals surface area (Å²) in [4.78, 5) is 11.5. The van der Waals surface area contributed by atoms with Crippen molar-refractivity contribution in [3.05, 3.63) is 83.4 Å². The molecule has 5 aromatic rings. The van der Waals surface area contributed by atoms with E-state index in [1.165, 1.54) is 16.8 Å². The minimum atomic E-state index is -0.393. The first-order valence-electron chi connectivity index (χ1n) is 10.5. The smallest absolute Gasteiger partial charge is 0.336 e. The van der Waals surface area contributed by atoms with Gasteiger partial charge in [-0.1, -0.05) is 30.3 Å². The van der Waals surface area contributed by atoms with Crippen molar-refractivity contribution in [2.75, 3.05) is 13.2 Å². The average Bonchev–Trinajstić information content (AvgIpc) is 3.25. The second-order valence-electron chi connectivity index (χ2n) is 7.47. The Bertz CT molecular complexity index is 1400. The SMILES string of the molecule is O=c1ccc2c(OCCCCCOc3ccc4ccccc4c3)c3ccoc3cc2o1. The first kappa shape index (κ1) is 19.2. The normalized spacial score (nSPS) is 11.4. The number of ether oxygens (including phenoxy) is 2. The highest BCUT2D eigenvalue weighted by molar-refractivity contribution is 6.01. The molecule has 0 radical (unpaired) electrons. The van der Waals surface area contributed by atoms with E-state index in [1.807, 2.05) is 24.3 Å². The molecule has 0 N–H and O–H groups in total. The fourth-order valence-corrected chi connectivity index (χ4v) is 3.77. The van der Waals surface area contributed by atoms with Crippen LogP contribution in [-0.4, -0.2) is 13.2 Å². The summed E-state index contributed by atoms with van der Waals surface area (Å²) in [7, 11) is 0. The summed E-state index contributed by atoms with van der Waals surface area (Å²) in [6, 6.07) is 21.2. The van der Waals surface area contributed by atoms with Crippen LogP contribution in [0.25, 0.3) is 32.7 Å². The zero-order valence-electron chi connectivity index (χ0n) is 17.0. The van der Waals surface area contributed by atoms with Crippen molar-refractivity contribution in [3.63, 3.8) is 0 Å². The van der Waals surface area contributed by atoms with Crippen molar-refractivity contribution in [2.24, 2.45) is 0 Å². The number of hydrogen-bond donors (Lipinski definition) is 0. The Balaban J connectivity index is 1.15. The van der Waals surface area contributed by atoms with Crippen LogP contribution >= 0.6 is 0 Å².